The van der Waals surface area contributed by atoms with E-state index in [9.17, 15) is 0 Å². The van der Waals surface area contributed by atoms with Crippen molar-refractivity contribution in [3.05, 3.63) is 11.9 Å². The number of rotatable bonds is 2. The SMILES string of the molecule is CNc1nc(C)cn1C1CCCC1C. The van der Waals surface area contributed by atoms with Crippen molar-refractivity contribution < 1.29 is 0 Å². The van der Waals surface area contributed by atoms with E-state index in [2.05, 4.69) is 34.9 Å². The van der Waals surface area contributed by atoms with E-state index in [0.29, 0.717) is 6.04 Å². The van der Waals surface area contributed by atoms with Crippen LogP contribution in [0.15, 0.2) is 6.20 Å². The molecule has 1 saturated carbocycles. The standard InChI is InChI=1S/C11H19N3/c1-8-5-4-6-10(8)14-7-9(2)13-11(14)12-3/h7-8,10H,4-6H2,1-3H3,(H,12,13). The molecular formula is C11H19N3. The lowest BCUT2D eigenvalue weighted by Crippen LogP contribution is -2.13. The van der Waals surface area contributed by atoms with Crippen LogP contribution in [0.4, 0.5) is 5.95 Å². The second-order valence-electron chi connectivity index (χ2n) is 4.34. The van der Waals surface area contributed by atoms with Crippen LogP contribution in [0.5, 0.6) is 0 Å². The zero-order valence-corrected chi connectivity index (χ0v) is 9.25. The molecule has 78 valence electrons. The number of nitrogens with one attached hydrogen (secondary N) is 1. The molecule has 0 aromatic carbocycles. The average Bonchev–Trinajstić information content (AvgIpc) is 2.71. The number of nitrogens with zero attached hydrogens (tertiary/aromatic N) is 2. The highest BCUT2D eigenvalue weighted by Gasteiger charge is 2.26. The molecule has 3 nitrogen and oxygen atoms in total. The molecule has 2 unspecified atom stereocenters. The highest BCUT2D eigenvalue weighted by Crippen LogP contribution is 2.36. The van der Waals surface area contributed by atoms with E-state index in [-0.39, 0.29) is 0 Å². The number of hydrogen-bond donors (Lipinski definition) is 1. The van der Waals surface area contributed by atoms with E-state index in [1.54, 1.807) is 0 Å². The van der Waals surface area contributed by atoms with Crippen molar-refractivity contribution in [2.75, 3.05) is 12.4 Å². The summed E-state index contributed by atoms with van der Waals surface area (Å²) >= 11 is 0. The molecule has 3 heteroatoms. The highest BCUT2D eigenvalue weighted by atomic mass is 15.2. The largest absolute Gasteiger partial charge is 0.359 e. The van der Waals surface area contributed by atoms with Crippen molar-refractivity contribution in [3.8, 4) is 0 Å². The van der Waals surface area contributed by atoms with Crippen LogP contribution in [0.2, 0.25) is 0 Å². The minimum atomic E-state index is 0.652. The zero-order valence-electron chi connectivity index (χ0n) is 9.25. The lowest BCUT2D eigenvalue weighted by molar-refractivity contribution is 0.411. The average molecular weight is 193 g/mol. The van der Waals surface area contributed by atoms with Gasteiger partial charge in [-0.3, -0.25) is 0 Å². The van der Waals surface area contributed by atoms with Gasteiger partial charge in [-0.05, 0) is 25.7 Å². The van der Waals surface area contributed by atoms with Gasteiger partial charge in [0.1, 0.15) is 0 Å². The molecule has 0 bridgehead atoms. The van der Waals surface area contributed by atoms with Gasteiger partial charge in [0.2, 0.25) is 5.95 Å². The summed E-state index contributed by atoms with van der Waals surface area (Å²) in [6.07, 6.45) is 6.17. The summed E-state index contributed by atoms with van der Waals surface area (Å²) in [7, 11) is 1.94. The van der Waals surface area contributed by atoms with Gasteiger partial charge in [-0.2, -0.15) is 0 Å². The molecule has 2 rings (SSSR count). The van der Waals surface area contributed by atoms with Gasteiger partial charge in [-0.1, -0.05) is 13.3 Å². The molecule has 2 atom stereocenters. The molecule has 1 heterocycles. The van der Waals surface area contributed by atoms with Crippen molar-refractivity contribution in [2.45, 2.75) is 39.2 Å². The summed E-state index contributed by atoms with van der Waals surface area (Å²) in [5, 5.41) is 3.17. The summed E-state index contributed by atoms with van der Waals surface area (Å²) in [6.45, 7) is 4.39. The van der Waals surface area contributed by atoms with Crippen molar-refractivity contribution in [3.63, 3.8) is 0 Å². The number of aromatic nitrogens is 2. The predicted octanol–water partition coefficient (Wildman–Crippen LogP) is 2.59. The van der Waals surface area contributed by atoms with Crippen molar-refractivity contribution in [1.29, 1.82) is 0 Å². The Morgan fingerprint density at radius 3 is 2.86 bits per heavy atom. The first-order valence-electron chi connectivity index (χ1n) is 5.45. The van der Waals surface area contributed by atoms with E-state index >= 15 is 0 Å². The van der Waals surface area contributed by atoms with Gasteiger partial charge in [0.15, 0.2) is 0 Å². The normalized spacial score (nSPS) is 26.8. The molecule has 0 radical (unpaired) electrons. The van der Waals surface area contributed by atoms with E-state index in [0.717, 1.165) is 17.6 Å². The van der Waals surface area contributed by atoms with Gasteiger partial charge < -0.3 is 9.88 Å². The number of imidazole rings is 1. The summed E-state index contributed by atoms with van der Waals surface area (Å²) < 4.78 is 2.31. The molecule has 1 aromatic heterocycles. The van der Waals surface area contributed by atoms with Gasteiger partial charge in [-0.25, -0.2) is 4.98 Å². The van der Waals surface area contributed by atoms with E-state index < -0.39 is 0 Å². The minimum Gasteiger partial charge on any atom is -0.359 e. The van der Waals surface area contributed by atoms with Crippen molar-refractivity contribution in [2.24, 2.45) is 5.92 Å². The monoisotopic (exact) mass is 193 g/mol. The van der Waals surface area contributed by atoms with Crippen molar-refractivity contribution >= 4 is 5.95 Å². The number of hydrogen-bond acceptors (Lipinski definition) is 2. The second-order valence-corrected chi connectivity index (χ2v) is 4.34. The minimum absolute atomic E-state index is 0.652. The molecule has 0 aliphatic heterocycles. The molecule has 1 fully saturated rings. The Labute approximate surface area is 85.5 Å². The van der Waals surface area contributed by atoms with Crippen LogP contribution in [0.1, 0.15) is 37.9 Å². The summed E-state index contributed by atoms with van der Waals surface area (Å²) in [5.41, 5.74) is 1.11. The van der Waals surface area contributed by atoms with E-state index in [1.807, 2.05) is 7.05 Å². The van der Waals surface area contributed by atoms with Gasteiger partial charge >= 0.3 is 0 Å². The molecule has 1 N–H and O–H groups in total. The van der Waals surface area contributed by atoms with Crippen LogP contribution in [0, 0.1) is 12.8 Å². The Bertz CT molecular complexity index is 316. The maximum absolute atomic E-state index is 4.46. The number of aryl methyl sites for hydroxylation is 1. The maximum Gasteiger partial charge on any atom is 0.203 e. The fraction of sp³-hybridized carbons (Fsp3) is 0.727. The Morgan fingerprint density at radius 2 is 2.29 bits per heavy atom. The third-order valence-corrected chi connectivity index (χ3v) is 3.25. The predicted molar refractivity (Wildman–Crippen MR) is 58.6 cm³/mol. The van der Waals surface area contributed by atoms with E-state index in [4.69, 9.17) is 0 Å². The maximum atomic E-state index is 4.46. The van der Waals surface area contributed by atoms with Crippen LogP contribution in [0.3, 0.4) is 0 Å². The summed E-state index contributed by atoms with van der Waals surface area (Å²) in [4.78, 5) is 4.46. The Kier molecular flexibility index (Phi) is 2.48. The third kappa shape index (κ3) is 1.51. The first kappa shape index (κ1) is 9.56. The molecule has 14 heavy (non-hydrogen) atoms. The van der Waals surface area contributed by atoms with E-state index in [1.165, 1.54) is 19.3 Å². The Balaban J connectivity index is 2.29. The van der Waals surface area contributed by atoms with Crippen molar-refractivity contribution in [1.82, 2.24) is 9.55 Å². The van der Waals surface area contributed by atoms with Gasteiger partial charge in [0.25, 0.3) is 0 Å². The van der Waals surface area contributed by atoms with Gasteiger partial charge in [0, 0.05) is 19.3 Å². The molecular weight excluding hydrogens is 174 g/mol. The zero-order chi connectivity index (χ0) is 10.1. The fourth-order valence-corrected chi connectivity index (χ4v) is 2.49. The fourth-order valence-electron chi connectivity index (χ4n) is 2.49. The van der Waals surface area contributed by atoms with Gasteiger partial charge in [0.05, 0.1) is 5.69 Å². The Morgan fingerprint density at radius 1 is 1.50 bits per heavy atom. The lowest BCUT2D eigenvalue weighted by Gasteiger charge is -2.19. The van der Waals surface area contributed by atoms with Crippen LogP contribution in [0.25, 0.3) is 0 Å². The second kappa shape index (κ2) is 3.64. The van der Waals surface area contributed by atoms with Crippen LogP contribution in [-0.4, -0.2) is 16.6 Å². The van der Waals surface area contributed by atoms with Crippen LogP contribution < -0.4 is 5.32 Å². The summed E-state index contributed by atoms with van der Waals surface area (Å²) in [6, 6.07) is 0.652. The molecule has 1 aromatic rings. The molecule has 1 aliphatic rings. The topological polar surface area (TPSA) is 29.9 Å². The first-order valence-corrected chi connectivity index (χ1v) is 5.45. The van der Waals surface area contributed by atoms with Crippen LogP contribution in [-0.2, 0) is 0 Å². The lowest BCUT2D eigenvalue weighted by atomic mass is 10.1. The molecule has 0 amide bonds. The summed E-state index contributed by atoms with van der Waals surface area (Å²) in [5.74, 6) is 1.80. The smallest absolute Gasteiger partial charge is 0.203 e. The number of anilines is 1. The highest BCUT2D eigenvalue weighted by molar-refractivity contribution is 5.28. The third-order valence-electron chi connectivity index (χ3n) is 3.25. The molecule has 0 spiro atoms. The first-order chi connectivity index (χ1) is 6.72. The quantitative estimate of drug-likeness (QED) is 0.782. The van der Waals surface area contributed by atoms with Gasteiger partial charge in [-0.15, -0.1) is 0 Å². The molecule has 0 saturated heterocycles. The Hall–Kier alpha value is -0.990. The van der Waals surface area contributed by atoms with Crippen LogP contribution >= 0.6 is 0 Å². The molecule has 1 aliphatic carbocycles.